The molecule has 1 fully saturated rings. The lowest BCUT2D eigenvalue weighted by atomic mass is 10.0. The highest BCUT2D eigenvalue weighted by Gasteiger charge is 2.30. The Bertz CT molecular complexity index is 196. The largest absolute Gasteiger partial charge is 0.388 e. The molecule has 5 nitrogen and oxygen atoms in total. The van der Waals surface area contributed by atoms with E-state index in [0.29, 0.717) is 12.5 Å². The van der Waals surface area contributed by atoms with Crippen LogP contribution in [0.2, 0.25) is 0 Å². The number of hydrogen-bond acceptors (Lipinski definition) is 6. The molecule has 0 bridgehead atoms. The summed E-state index contributed by atoms with van der Waals surface area (Å²) in [6, 6.07) is 0. The van der Waals surface area contributed by atoms with Crippen molar-refractivity contribution in [2.45, 2.75) is 72.9 Å². The van der Waals surface area contributed by atoms with Gasteiger partial charge in [-0.3, -0.25) is 0 Å². The quantitative estimate of drug-likeness (QED) is 0.353. The molecule has 0 saturated carbocycles. The SMILES string of the molecule is CC.CC.CC(C)(O)O.CC1CCOC1C(O)COSI. The monoisotopic (exact) mass is 440 g/mol. The van der Waals surface area contributed by atoms with Crippen LogP contribution in [-0.4, -0.2) is 46.5 Å². The van der Waals surface area contributed by atoms with Gasteiger partial charge in [0.05, 0.1) is 21.9 Å². The number of rotatable bonds is 4. The van der Waals surface area contributed by atoms with Crippen LogP contribution in [0.3, 0.4) is 0 Å². The van der Waals surface area contributed by atoms with Gasteiger partial charge in [-0.1, -0.05) is 34.6 Å². The average Bonchev–Trinajstić information content (AvgIpc) is 2.85. The molecule has 3 N–H and O–H groups in total. The summed E-state index contributed by atoms with van der Waals surface area (Å²) in [6.07, 6.45) is 0.525. The molecule has 0 spiro atoms. The summed E-state index contributed by atoms with van der Waals surface area (Å²) in [6.45, 7) is 13.8. The van der Waals surface area contributed by atoms with Crippen LogP contribution in [0.25, 0.3) is 0 Å². The Morgan fingerprint density at radius 2 is 1.71 bits per heavy atom. The molecule has 0 amide bonds. The average molecular weight is 440 g/mol. The topological polar surface area (TPSA) is 79.2 Å². The maximum absolute atomic E-state index is 9.58. The summed E-state index contributed by atoms with van der Waals surface area (Å²) < 4.78 is 10.4. The molecule has 0 aromatic rings. The zero-order chi connectivity index (χ0) is 17.5. The third-order valence-electron chi connectivity index (χ3n) is 2.11. The van der Waals surface area contributed by atoms with Gasteiger partial charge < -0.3 is 24.2 Å². The minimum absolute atomic E-state index is 0.0338. The van der Waals surface area contributed by atoms with Crippen molar-refractivity contribution in [1.82, 2.24) is 0 Å². The first-order chi connectivity index (χ1) is 9.75. The van der Waals surface area contributed by atoms with Gasteiger partial charge in [0.2, 0.25) is 0 Å². The van der Waals surface area contributed by atoms with Crippen LogP contribution in [0.4, 0.5) is 0 Å². The molecule has 1 heterocycles. The van der Waals surface area contributed by atoms with Gasteiger partial charge in [0, 0.05) is 27.8 Å². The van der Waals surface area contributed by atoms with Crippen molar-refractivity contribution in [2.75, 3.05) is 13.2 Å². The van der Waals surface area contributed by atoms with Crippen molar-refractivity contribution in [3.05, 3.63) is 0 Å². The molecule has 3 atom stereocenters. The van der Waals surface area contributed by atoms with E-state index in [-0.39, 0.29) is 6.10 Å². The van der Waals surface area contributed by atoms with E-state index in [2.05, 4.69) is 6.92 Å². The van der Waals surface area contributed by atoms with Crippen LogP contribution in [0.5, 0.6) is 0 Å². The third kappa shape index (κ3) is 20.9. The summed E-state index contributed by atoms with van der Waals surface area (Å²) in [5.74, 6) is -1.05. The predicted octanol–water partition coefficient (Wildman–Crippen LogP) is 3.55. The first-order valence-electron chi connectivity index (χ1n) is 7.40. The molecule has 0 aromatic heterocycles. The Hall–Kier alpha value is 0.880. The lowest BCUT2D eigenvalue weighted by Crippen LogP contribution is -2.33. The Labute approximate surface area is 146 Å². The molecule has 0 aliphatic carbocycles. The van der Waals surface area contributed by atoms with E-state index in [1.807, 2.05) is 48.9 Å². The summed E-state index contributed by atoms with van der Waals surface area (Å²) in [4.78, 5) is 0. The molecule has 0 radical (unpaired) electrons. The number of aliphatic hydroxyl groups excluding tert-OH is 1. The minimum atomic E-state index is -1.50. The fourth-order valence-corrected chi connectivity index (χ4v) is 2.03. The van der Waals surface area contributed by atoms with Crippen LogP contribution < -0.4 is 0 Å². The van der Waals surface area contributed by atoms with Crippen molar-refractivity contribution in [1.29, 1.82) is 0 Å². The molecule has 21 heavy (non-hydrogen) atoms. The standard InChI is InChI=1S/C7H13IO3S.C3H8O2.2C2H6/c1-5-2-3-10-7(5)6(9)4-11-12-8;1-3(2,4)5;2*1-2/h5-7,9H,2-4H2,1H3;4-5H,1-2H3;2*1-2H3. The van der Waals surface area contributed by atoms with E-state index in [0.717, 1.165) is 13.0 Å². The lowest BCUT2D eigenvalue weighted by molar-refractivity contribution is -0.127. The second kappa shape index (κ2) is 17.2. The Morgan fingerprint density at radius 1 is 1.29 bits per heavy atom. The molecule has 132 valence electrons. The summed E-state index contributed by atoms with van der Waals surface area (Å²) in [7, 11) is 1.24. The summed E-state index contributed by atoms with van der Waals surface area (Å²) in [5, 5.41) is 25.7. The molecule has 0 aromatic carbocycles. The first kappa shape index (κ1) is 26.8. The third-order valence-corrected chi connectivity index (χ3v) is 3.09. The van der Waals surface area contributed by atoms with Crippen LogP contribution in [0.1, 0.15) is 54.9 Å². The normalized spacial score (nSPS) is 21.9. The van der Waals surface area contributed by atoms with E-state index in [4.69, 9.17) is 19.1 Å². The number of halogens is 1. The number of aliphatic hydroxyl groups is 3. The highest BCUT2D eigenvalue weighted by molar-refractivity contribution is 14.2. The van der Waals surface area contributed by atoms with Gasteiger partial charge in [0.25, 0.3) is 0 Å². The van der Waals surface area contributed by atoms with Gasteiger partial charge in [-0.05, 0) is 26.2 Å². The van der Waals surface area contributed by atoms with Gasteiger partial charge in [-0.2, -0.15) is 0 Å². The molecular weight excluding hydrogens is 407 g/mol. The highest BCUT2D eigenvalue weighted by Crippen LogP contribution is 2.24. The number of ether oxygens (including phenoxy) is 1. The summed E-state index contributed by atoms with van der Waals surface area (Å²) in [5.41, 5.74) is 0. The fourth-order valence-electron chi connectivity index (χ4n) is 1.40. The van der Waals surface area contributed by atoms with Crippen molar-refractivity contribution < 1.29 is 24.2 Å². The van der Waals surface area contributed by atoms with Crippen molar-refractivity contribution >= 4 is 30.4 Å². The smallest absolute Gasteiger partial charge is 0.156 e. The molecule has 1 saturated heterocycles. The van der Waals surface area contributed by atoms with Crippen molar-refractivity contribution in [3.63, 3.8) is 0 Å². The van der Waals surface area contributed by atoms with Crippen molar-refractivity contribution in [2.24, 2.45) is 5.92 Å². The van der Waals surface area contributed by atoms with Gasteiger partial charge in [0.1, 0.15) is 6.10 Å². The van der Waals surface area contributed by atoms with E-state index in [1.165, 1.54) is 23.1 Å². The van der Waals surface area contributed by atoms with Crippen LogP contribution in [-0.2, 0) is 8.92 Å². The van der Waals surface area contributed by atoms with E-state index in [9.17, 15) is 5.11 Å². The Kier molecular flexibility index (Phi) is 22.0. The lowest BCUT2D eigenvalue weighted by Gasteiger charge is -2.20. The molecule has 1 rings (SSSR count). The van der Waals surface area contributed by atoms with Gasteiger partial charge in [-0.15, -0.1) is 0 Å². The molecule has 1 aliphatic rings. The molecule has 7 heteroatoms. The minimum Gasteiger partial charge on any atom is -0.388 e. The second-order valence-electron chi connectivity index (χ2n) is 4.51. The molecule has 1 aliphatic heterocycles. The summed E-state index contributed by atoms with van der Waals surface area (Å²) >= 11 is 2.03. The first-order valence-corrected chi connectivity index (χ1v) is 10.7. The fraction of sp³-hybridized carbons (Fsp3) is 1.00. The van der Waals surface area contributed by atoms with Crippen LogP contribution >= 0.6 is 30.4 Å². The maximum Gasteiger partial charge on any atom is 0.156 e. The van der Waals surface area contributed by atoms with E-state index >= 15 is 0 Å². The van der Waals surface area contributed by atoms with Crippen LogP contribution in [0, 0.1) is 5.92 Å². The van der Waals surface area contributed by atoms with E-state index in [1.54, 1.807) is 0 Å². The van der Waals surface area contributed by atoms with Crippen molar-refractivity contribution in [3.8, 4) is 0 Å². The zero-order valence-corrected chi connectivity index (χ0v) is 17.3. The zero-order valence-electron chi connectivity index (χ0n) is 14.3. The highest BCUT2D eigenvalue weighted by atomic mass is 127. The van der Waals surface area contributed by atoms with Gasteiger partial charge in [0.15, 0.2) is 5.79 Å². The Morgan fingerprint density at radius 3 is 2.00 bits per heavy atom. The second-order valence-corrected chi connectivity index (χ2v) is 5.95. The molecule has 3 unspecified atom stereocenters. The number of hydrogen-bond donors (Lipinski definition) is 3. The predicted molar refractivity (Wildman–Crippen MR) is 98.3 cm³/mol. The Balaban J connectivity index is -0.000000304. The van der Waals surface area contributed by atoms with Gasteiger partial charge >= 0.3 is 0 Å². The van der Waals surface area contributed by atoms with E-state index < -0.39 is 11.9 Å². The maximum atomic E-state index is 9.58. The molecular formula is C14H33IO5S. The van der Waals surface area contributed by atoms with Gasteiger partial charge in [-0.25, -0.2) is 0 Å². The van der Waals surface area contributed by atoms with Crippen LogP contribution in [0.15, 0.2) is 0 Å².